The highest BCUT2D eigenvalue weighted by Gasteiger charge is 2.16. The van der Waals surface area contributed by atoms with Gasteiger partial charge in [0.05, 0.1) is 12.7 Å². The van der Waals surface area contributed by atoms with E-state index in [1.54, 1.807) is 37.6 Å². The lowest BCUT2D eigenvalue weighted by Gasteiger charge is -2.09. The highest BCUT2D eigenvalue weighted by molar-refractivity contribution is 6.12. The van der Waals surface area contributed by atoms with Crippen molar-refractivity contribution in [2.75, 3.05) is 12.8 Å². The average molecular weight is 256 g/mol. The minimum atomic E-state index is -0.117. The fraction of sp³-hybridized carbons (Fsp3) is 0.200. The second-order valence-corrected chi connectivity index (χ2v) is 4.40. The number of carbonyl (C=O) groups excluding carboxylic acids is 1. The number of nitrogens with two attached hydrogens (primary N) is 1. The molecule has 19 heavy (non-hydrogen) atoms. The molecule has 0 aliphatic heterocycles. The first-order chi connectivity index (χ1) is 9.04. The molecule has 0 bridgehead atoms. The zero-order valence-electron chi connectivity index (χ0n) is 11.2. The van der Waals surface area contributed by atoms with Crippen LogP contribution in [0.2, 0.25) is 0 Å². The molecule has 0 radical (unpaired) electrons. The molecule has 1 aromatic carbocycles. The first-order valence-electron chi connectivity index (χ1n) is 5.95. The first-order valence-corrected chi connectivity index (χ1v) is 5.95. The molecule has 1 aromatic heterocycles. The minimum absolute atomic E-state index is 0.117. The molecule has 0 unspecified atom stereocenters. The Morgan fingerprint density at radius 1 is 1.21 bits per heavy atom. The zero-order chi connectivity index (χ0) is 14.0. The molecule has 0 atom stereocenters. The third kappa shape index (κ3) is 2.42. The molecule has 4 heteroatoms. The standard InChI is InChI=1S/C15H16N2O2/c1-9-6-7-17-15(16)13(9)14(18)11-4-5-12(19-3)10(2)8-11/h4-8H,1-3H3,(H2,16,17). The summed E-state index contributed by atoms with van der Waals surface area (Å²) in [5, 5.41) is 0. The number of aryl methyl sites for hydroxylation is 2. The molecule has 0 fully saturated rings. The van der Waals surface area contributed by atoms with Gasteiger partial charge in [-0.15, -0.1) is 0 Å². The van der Waals surface area contributed by atoms with Crippen LogP contribution >= 0.6 is 0 Å². The van der Waals surface area contributed by atoms with E-state index in [9.17, 15) is 4.79 Å². The average Bonchev–Trinajstić information content (AvgIpc) is 2.38. The largest absolute Gasteiger partial charge is 0.496 e. The number of hydrogen-bond acceptors (Lipinski definition) is 4. The predicted molar refractivity (Wildman–Crippen MR) is 74.5 cm³/mol. The van der Waals surface area contributed by atoms with Crippen molar-refractivity contribution >= 4 is 11.6 Å². The number of pyridine rings is 1. The summed E-state index contributed by atoms with van der Waals surface area (Å²) in [5.41, 5.74) is 8.58. The molecule has 2 aromatic rings. The van der Waals surface area contributed by atoms with Crippen LogP contribution in [0.5, 0.6) is 5.75 Å². The van der Waals surface area contributed by atoms with E-state index < -0.39 is 0 Å². The van der Waals surface area contributed by atoms with E-state index >= 15 is 0 Å². The molecule has 0 aliphatic rings. The summed E-state index contributed by atoms with van der Waals surface area (Å²) in [6.45, 7) is 3.75. The Labute approximate surface area is 112 Å². The lowest BCUT2D eigenvalue weighted by atomic mass is 9.98. The normalized spacial score (nSPS) is 10.3. The molecule has 0 saturated heterocycles. The van der Waals surface area contributed by atoms with Crippen molar-refractivity contribution in [1.82, 2.24) is 4.98 Å². The molecule has 0 amide bonds. The van der Waals surface area contributed by atoms with E-state index in [0.717, 1.165) is 16.9 Å². The van der Waals surface area contributed by atoms with Crippen molar-refractivity contribution in [1.29, 1.82) is 0 Å². The molecule has 0 saturated carbocycles. The maximum Gasteiger partial charge on any atom is 0.197 e. The van der Waals surface area contributed by atoms with Gasteiger partial charge in [0, 0.05) is 11.8 Å². The summed E-state index contributed by atoms with van der Waals surface area (Å²) >= 11 is 0. The maximum absolute atomic E-state index is 12.5. The van der Waals surface area contributed by atoms with Gasteiger partial charge in [-0.25, -0.2) is 4.98 Å². The van der Waals surface area contributed by atoms with Gasteiger partial charge in [0.15, 0.2) is 5.78 Å². The van der Waals surface area contributed by atoms with Gasteiger partial charge in [0.25, 0.3) is 0 Å². The lowest BCUT2D eigenvalue weighted by Crippen LogP contribution is -2.09. The van der Waals surface area contributed by atoms with E-state index in [1.807, 2.05) is 13.8 Å². The van der Waals surface area contributed by atoms with Crippen LogP contribution in [0.4, 0.5) is 5.82 Å². The number of hydrogen-bond donors (Lipinski definition) is 1. The smallest absolute Gasteiger partial charge is 0.197 e. The summed E-state index contributed by atoms with van der Waals surface area (Å²) in [7, 11) is 1.60. The van der Waals surface area contributed by atoms with Crippen LogP contribution in [0, 0.1) is 13.8 Å². The molecule has 0 spiro atoms. The van der Waals surface area contributed by atoms with Crippen LogP contribution < -0.4 is 10.5 Å². The first kappa shape index (κ1) is 13.1. The molecular weight excluding hydrogens is 240 g/mol. The second-order valence-electron chi connectivity index (χ2n) is 4.40. The fourth-order valence-electron chi connectivity index (χ4n) is 2.04. The Bertz CT molecular complexity index is 616. The summed E-state index contributed by atoms with van der Waals surface area (Å²) in [6.07, 6.45) is 1.60. The highest BCUT2D eigenvalue weighted by atomic mass is 16.5. The summed E-state index contributed by atoms with van der Waals surface area (Å²) in [4.78, 5) is 16.5. The number of nitrogens with zero attached hydrogens (tertiary/aromatic N) is 1. The molecular formula is C15H16N2O2. The Balaban J connectivity index is 2.48. The van der Waals surface area contributed by atoms with E-state index in [0.29, 0.717) is 11.1 Å². The Morgan fingerprint density at radius 3 is 2.53 bits per heavy atom. The SMILES string of the molecule is COc1ccc(C(=O)c2c(C)ccnc2N)cc1C. The molecule has 2 rings (SSSR count). The van der Waals surface area contributed by atoms with Crippen LogP contribution in [0.1, 0.15) is 27.0 Å². The number of carbonyl (C=O) groups is 1. The summed E-state index contributed by atoms with van der Waals surface area (Å²) in [6, 6.07) is 7.09. The van der Waals surface area contributed by atoms with Crippen LogP contribution in [0.3, 0.4) is 0 Å². The second kappa shape index (κ2) is 5.10. The van der Waals surface area contributed by atoms with Gasteiger partial charge in [-0.3, -0.25) is 4.79 Å². The zero-order valence-corrected chi connectivity index (χ0v) is 11.2. The van der Waals surface area contributed by atoms with E-state index in [1.165, 1.54) is 0 Å². The van der Waals surface area contributed by atoms with E-state index in [4.69, 9.17) is 10.5 Å². The summed E-state index contributed by atoms with van der Waals surface area (Å²) in [5.74, 6) is 0.903. The monoisotopic (exact) mass is 256 g/mol. The molecule has 98 valence electrons. The van der Waals surface area contributed by atoms with Crippen molar-refractivity contribution in [3.05, 3.63) is 52.7 Å². The Morgan fingerprint density at radius 2 is 1.95 bits per heavy atom. The van der Waals surface area contributed by atoms with Crippen molar-refractivity contribution < 1.29 is 9.53 Å². The molecule has 0 aliphatic carbocycles. The molecule has 2 N–H and O–H groups in total. The van der Waals surface area contributed by atoms with Crippen molar-refractivity contribution in [2.24, 2.45) is 0 Å². The number of anilines is 1. The fourth-order valence-corrected chi connectivity index (χ4v) is 2.04. The van der Waals surface area contributed by atoms with Crippen LogP contribution in [-0.2, 0) is 0 Å². The third-order valence-corrected chi connectivity index (χ3v) is 3.07. The molecule has 4 nitrogen and oxygen atoms in total. The van der Waals surface area contributed by atoms with Gasteiger partial charge in [-0.1, -0.05) is 0 Å². The van der Waals surface area contributed by atoms with Gasteiger partial charge in [-0.2, -0.15) is 0 Å². The number of methoxy groups -OCH3 is 1. The van der Waals surface area contributed by atoms with Crippen molar-refractivity contribution in [3.63, 3.8) is 0 Å². The van der Waals surface area contributed by atoms with Crippen LogP contribution in [0.15, 0.2) is 30.5 Å². The van der Waals surface area contributed by atoms with Gasteiger partial charge < -0.3 is 10.5 Å². The van der Waals surface area contributed by atoms with Crippen molar-refractivity contribution in [2.45, 2.75) is 13.8 Å². The Kier molecular flexibility index (Phi) is 3.51. The van der Waals surface area contributed by atoms with Crippen molar-refractivity contribution in [3.8, 4) is 5.75 Å². The van der Waals surface area contributed by atoms with Crippen LogP contribution in [0.25, 0.3) is 0 Å². The molecule has 1 heterocycles. The number of aromatic nitrogens is 1. The topological polar surface area (TPSA) is 65.2 Å². The number of nitrogen functional groups attached to an aromatic ring is 1. The van der Waals surface area contributed by atoms with E-state index in [2.05, 4.69) is 4.98 Å². The number of ketones is 1. The summed E-state index contributed by atoms with van der Waals surface area (Å²) < 4.78 is 5.18. The highest BCUT2D eigenvalue weighted by Crippen LogP contribution is 2.23. The Hall–Kier alpha value is -2.36. The maximum atomic E-state index is 12.5. The van der Waals surface area contributed by atoms with Gasteiger partial charge in [0.1, 0.15) is 11.6 Å². The lowest BCUT2D eigenvalue weighted by molar-refractivity contribution is 0.103. The number of ether oxygens (including phenoxy) is 1. The number of benzene rings is 1. The van der Waals surface area contributed by atoms with Gasteiger partial charge in [-0.05, 0) is 49.2 Å². The van der Waals surface area contributed by atoms with Crippen LogP contribution in [-0.4, -0.2) is 17.9 Å². The van der Waals surface area contributed by atoms with Gasteiger partial charge in [0.2, 0.25) is 0 Å². The minimum Gasteiger partial charge on any atom is -0.496 e. The third-order valence-electron chi connectivity index (χ3n) is 3.07. The number of rotatable bonds is 3. The van der Waals surface area contributed by atoms with Gasteiger partial charge >= 0.3 is 0 Å². The quantitative estimate of drug-likeness (QED) is 0.857. The van der Waals surface area contributed by atoms with E-state index in [-0.39, 0.29) is 11.6 Å². The predicted octanol–water partition coefficient (Wildman–Crippen LogP) is 2.52.